The monoisotopic (exact) mass is 1340 g/mol. The molecule has 12 nitrogen and oxygen atoms in total. The highest BCUT2D eigenvalue weighted by molar-refractivity contribution is 7.24. The number of rotatable bonds is 32. The number of carbonyl (C=O) groups excluding carboxylic acids is 4. The SMILES string of the molecule is C=CC(=O)OCCCCCCCCOc1ccc(C2CCC(C(=O)Oc3c4cc(-c5ccc(-c6ccc(C#N)cc6)cc5)sc4c(OC(=O)C4CCC(c5ccc(OCCCCCCCCOC(=O)C=C)cc5)CC4)c4cc(-c5ccc(-c6ccc(C#N)cc6)cc5)sc34)CC2)cc1. The first-order chi connectivity index (χ1) is 48.0. The van der Waals surface area contributed by atoms with E-state index in [9.17, 15) is 29.7 Å². The van der Waals surface area contributed by atoms with Gasteiger partial charge < -0.3 is 28.4 Å². The van der Waals surface area contributed by atoms with Gasteiger partial charge >= 0.3 is 23.9 Å². The average molecular weight is 1350 g/mol. The Morgan fingerprint density at radius 3 is 1.03 bits per heavy atom. The largest absolute Gasteiger partial charge is 0.494 e. The van der Waals surface area contributed by atoms with Crippen LogP contribution >= 0.6 is 22.7 Å². The number of hydrogen-bond acceptors (Lipinski definition) is 14. The molecule has 502 valence electrons. The third kappa shape index (κ3) is 18.5. The van der Waals surface area contributed by atoms with E-state index in [-0.39, 0.29) is 35.7 Å². The minimum absolute atomic E-state index is 0.268. The van der Waals surface area contributed by atoms with E-state index in [1.165, 1.54) is 46.0 Å². The minimum Gasteiger partial charge on any atom is -0.494 e. The van der Waals surface area contributed by atoms with Gasteiger partial charge in [-0.05, 0) is 194 Å². The van der Waals surface area contributed by atoms with Crippen molar-refractivity contribution in [2.24, 2.45) is 11.8 Å². The number of thiophene rings is 2. The fraction of sp³-hybridized carbons (Fsp3) is 0.333. The fourth-order valence-electron chi connectivity index (χ4n) is 13.3. The summed E-state index contributed by atoms with van der Waals surface area (Å²) in [5.41, 5.74) is 9.58. The lowest BCUT2D eigenvalue weighted by atomic mass is 9.79. The Labute approximate surface area is 583 Å². The van der Waals surface area contributed by atoms with Gasteiger partial charge in [0.1, 0.15) is 11.5 Å². The molecule has 2 saturated carbocycles. The van der Waals surface area contributed by atoms with Gasteiger partial charge in [0, 0.05) is 32.7 Å². The van der Waals surface area contributed by atoms with Crippen LogP contribution in [0.25, 0.3) is 63.3 Å². The summed E-state index contributed by atoms with van der Waals surface area (Å²) in [5.74, 6) is 1.32. The van der Waals surface area contributed by atoms with Crippen LogP contribution in [0.1, 0.15) is 163 Å². The van der Waals surface area contributed by atoms with Crippen LogP contribution in [0.2, 0.25) is 0 Å². The van der Waals surface area contributed by atoms with Crippen molar-refractivity contribution in [1.29, 1.82) is 10.5 Å². The minimum atomic E-state index is -0.371. The molecule has 0 amide bonds. The molecule has 2 aliphatic carbocycles. The predicted molar refractivity (Wildman–Crippen MR) is 391 cm³/mol. The first-order valence-electron chi connectivity index (χ1n) is 34.8. The van der Waals surface area contributed by atoms with Crippen LogP contribution in [0, 0.1) is 34.5 Å². The molecular formula is C84H84N2O10S2. The topological polar surface area (TPSA) is 171 Å². The van der Waals surface area contributed by atoms with E-state index in [0.717, 1.165) is 167 Å². The van der Waals surface area contributed by atoms with Crippen LogP contribution < -0.4 is 18.9 Å². The second kappa shape index (κ2) is 35.1. The highest BCUT2D eigenvalue weighted by atomic mass is 32.1. The number of ether oxygens (including phenoxy) is 6. The van der Waals surface area contributed by atoms with E-state index in [1.807, 2.05) is 48.5 Å². The van der Waals surface area contributed by atoms with Crippen molar-refractivity contribution in [3.8, 4) is 78.3 Å². The molecule has 0 bridgehead atoms. The van der Waals surface area contributed by atoms with Crippen molar-refractivity contribution in [2.75, 3.05) is 26.4 Å². The molecule has 14 heteroatoms. The summed E-state index contributed by atoms with van der Waals surface area (Å²) in [6, 6.07) is 57.2. The van der Waals surface area contributed by atoms with Crippen LogP contribution in [0.15, 0.2) is 183 Å². The first-order valence-corrected chi connectivity index (χ1v) is 36.4. The predicted octanol–water partition coefficient (Wildman–Crippen LogP) is 21.2. The number of nitriles is 2. The Balaban J connectivity index is 0.803. The van der Waals surface area contributed by atoms with Gasteiger partial charge in [0.05, 0.1) is 70.9 Å². The van der Waals surface area contributed by atoms with Gasteiger partial charge in [0.25, 0.3) is 0 Å². The molecule has 2 aliphatic rings. The lowest BCUT2D eigenvalue weighted by Crippen LogP contribution is -2.25. The standard InChI is InChI=1S/C84H84N2O10S2/c1-3-77(87)93-51-15-11-7-5-9-13-49-91-71-45-41-65(42-46-71)63-29-37-69(38-30-63)83(89)95-79-73-53-75(67-33-25-61(26-34-67)59-21-17-57(55-85)18-22-59)98-82(73)80(74-54-76(97-81(74)79)68-35-27-62(28-36-68)60-23-19-58(56-86)20-24-60)96-84(90)70-39-31-64(32-40-70)66-43-47-72(48-44-66)92-50-14-10-6-8-12-16-52-94-78(88)4-2/h3-4,17-28,33-36,41-48,53-54,63-64,69-70H,1-2,5-16,29-32,37-40,49-52H2. The van der Waals surface area contributed by atoms with Gasteiger partial charge in [-0.15, -0.1) is 22.7 Å². The van der Waals surface area contributed by atoms with Crippen molar-refractivity contribution in [1.82, 2.24) is 0 Å². The third-order valence-corrected chi connectivity index (χ3v) is 21.4. The smallest absolute Gasteiger partial charge is 0.330 e. The van der Waals surface area contributed by atoms with Crippen molar-refractivity contribution in [3.05, 3.63) is 205 Å². The zero-order valence-corrected chi connectivity index (χ0v) is 57.3. The Hall–Kier alpha value is -9.60. The molecule has 2 fully saturated rings. The second-order valence-corrected chi connectivity index (χ2v) is 27.8. The lowest BCUT2D eigenvalue weighted by molar-refractivity contribution is -0.140. The normalized spacial score (nSPS) is 15.9. The van der Waals surface area contributed by atoms with Crippen molar-refractivity contribution >= 4 is 66.7 Å². The molecule has 0 radical (unpaired) electrons. The molecule has 2 aromatic heterocycles. The molecule has 9 aromatic rings. The molecule has 0 aliphatic heterocycles. The molecule has 2 heterocycles. The van der Waals surface area contributed by atoms with Crippen molar-refractivity contribution < 1.29 is 47.6 Å². The van der Waals surface area contributed by atoms with Crippen molar-refractivity contribution in [2.45, 2.75) is 140 Å². The van der Waals surface area contributed by atoms with Crippen LogP contribution in [0.4, 0.5) is 0 Å². The highest BCUT2D eigenvalue weighted by Gasteiger charge is 2.34. The van der Waals surface area contributed by atoms with Gasteiger partial charge in [-0.25, -0.2) is 9.59 Å². The summed E-state index contributed by atoms with van der Waals surface area (Å²) >= 11 is 3.05. The van der Waals surface area contributed by atoms with E-state index in [2.05, 4.69) is 134 Å². The molecule has 7 aromatic carbocycles. The molecule has 98 heavy (non-hydrogen) atoms. The maximum Gasteiger partial charge on any atom is 0.330 e. The second-order valence-electron chi connectivity index (χ2n) is 25.7. The summed E-state index contributed by atoms with van der Waals surface area (Å²) in [4.78, 5) is 54.2. The summed E-state index contributed by atoms with van der Waals surface area (Å²) in [5, 5.41) is 20.3. The average Bonchev–Trinajstić information content (AvgIpc) is 1.57. The summed E-state index contributed by atoms with van der Waals surface area (Å²) in [7, 11) is 0. The molecule has 0 saturated heterocycles. The highest BCUT2D eigenvalue weighted by Crippen LogP contribution is 2.54. The van der Waals surface area contributed by atoms with Crippen LogP contribution in [-0.4, -0.2) is 50.3 Å². The number of fused-ring (bicyclic) bond motifs is 2. The molecule has 0 unspecified atom stereocenters. The third-order valence-electron chi connectivity index (χ3n) is 19.1. The summed E-state index contributed by atoms with van der Waals surface area (Å²) in [6.07, 6.45) is 20.7. The summed E-state index contributed by atoms with van der Waals surface area (Å²) < 4.78 is 37.6. The fourth-order valence-corrected chi connectivity index (χ4v) is 15.7. The Morgan fingerprint density at radius 1 is 0.398 bits per heavy atom. The van der Waals surface area contributed by atoms with Gasteiger partial charge in [-0.1, -0.05) is 162 Å². The van der Waals surface area contributed by atoms with E-state index in [0.29, 0.717) is 97.3 Å². The number of carbonyl (C=O) groups is 4. The Bertz CT molecular complexity index is 3930. The maximum absolute atomic E-state index is 14.9. The number of esters is 4. The number of hydrogen-bond donors (Lipinski definition) is 0. The van der Waals surface area contributed by atoms with Crippen LogP contribution in [0.5, 0.6) is 23.0 Å². The van der Waals surface area contributed by atoms with Gasteiger partial charge in [0.15, 0.2) is 11.5 Å². The zero-order chi connectivity index (χ0) is 68.0. The maximum atomic E-state index is 14.9. The Morgan fingerprint density at radius 2 is 0.704 bits per heavy atom. The Kier molecular flexibility index (Phi) is 25.0. The van der Waals surface area contributed by atoms with Gasteiger partial charge in [-0.2, -0.15) is 10.5 Å². The molecule has 0 atom stereocenters. The number of unbranched alkanes of at least 4 members (excludes halogenated alkanes) is 10. The van der Waals surface area contributed by atoms with E-state index < -0.39 is 0 Å². The summed E-state index contributed by atoms with van der Waals surface area (Å²) in [6.45, 7) is 9.04. The molecular weight excluding hydrogens is 1260 g/mol. The van der Waals surface area contributed by atoms with Crippen LogP contribution in [-0.2, 0) is 28.7 Å². The molecule has 0 spiro atoms. The van der Waals surface area contributed by atoms with Gasteiger partial charge in [-0.3, -0.25) is 9.59 Å². The number of nitrogens with zero attached hydrogens (tertiary/aromatic N) is 2. The van der Waals surface area contributed by atoms with E-state index in [4.69, 9.17) is 28.4 Å². The van der Waals surface area contributed by atoms with E-state index >= 15 is 0 Å². The van der Waals surface area contributed by atoms with E-state index in [1.54, 1.807) is 0 Å². The number of benzene rings is 7. The van der Waals surface area contributed by atoms with Gasteiger partial charge in [0.2, 0.25) is 0 Å². The first kappa shape index (κ1) is 69.7. The molecule has 11 rings (SSSR count). The quantitative estimate of drug-likeness (QED) is 0.0169. The van der Waals surface area contributed by atoms with Crippen LogP contribution in [0.3, 0.4) is 0 Å². The lowest BCUT2D eigenvalue weighted by Gasteiger charge is -2.28. The zero-order valence-electron chi connectivity index (χ0n) is 55.7. The molecule has 0 N–H and O–H groups in total. The van der Waals surface area contributed by atoms with Crippen molar-refractivity contribution in [3.63, 3.8) is 0 Å².